The van der Waals surface area contributed by atoms with E-state index in [0.29, 0.717) is 12.4 Å². The number of aliphatic imine (C=N–C) groups is 1. The first-order valence-electron chi connectivity index (χ1n) is 10.5. The minimum atomic E-state index is 0. The maximum Gasteiger partial charge on any atom is 0.213 e. The zero-order valence-electron chi connectivity index (χ0n) is 17.4. The molecule has 6 nitrogen and oxygen atoms in total. The third-order valence-electron chi connectivity index (χ3n) is 5.09. The number of nitrogens with one attached hydrogen (secondary N) is 3. The lowest BCUT2D eigenvalue weighted by Crippen LogP contribution is -2.38. The lowest BCUT2D eigenvalue weighted by molar-refractivity contribution is 0.288. The molecule has 0 bridgehead atoms. The van der Waals surface area contributed by atoms with Crippen LogP contribution in [-0.4, -0.2) is 35.6 Å². The fourth-order valence-electron chi connectivity index (χ4n) is 3.24. The van der Waals surface area contributed by atoms with Gasteiger partial charge in [-0.3, -0.25) is 0 Å². The predicted octanol–water partition coefficient (Wildman–Crippen LogP) is 4.27. The number of pyridine rings is 1. The molecule has 1 saturated carbocycles. The van der Waals surface area contributed by atoms with Crippen molar-refractivity contribution in [1.29, 1.82) is 0 Å². The van der Waals surface area contributed by atoms with Gasteiger partial charge in [-0.25, -0.2) is 9.98 Å². The number of H-pyrrole nitrogens is 1. The molecule has 0 spiro atoms. The Morgan fingerprint density at radius 2 is 2.07 bits per heavy atom. The molecule has 2 heterocycles. The maximum absolute atomic E-state index is 5.69. The number of hydrogen-bond acceptors (Lipinski definition) is 3. The van der Waals surface area contributed by atoms with Crippen LogP contribution in [0.4, 0.5) is 0 Å². The van der Waals surface area contributed by atoms with E-state index in [4.69, 9.17) is 4.74 Å². The van der Waals surface area contributed by atoms with E-state index in [1.807, 2.05) is 18.3 Å². The molecule has 1 aromatic carbocycles. The Balaban J connectivity index is 0.00000256. The van der Waals surface area contributed by atoms with Gasteiger partial charge in [-0.15, -0.1) is 24.0 Å². The lowest BCUT2D eigenvalue weighted by atomic mass is 10.1. The zero-order valence-corrected chi connectivity index (χ0v) is 19.7. The maximum atomic E-state index is 5.69. The first kappa shape index (κ1) is 22.4. The van der Waals surface area contributed by atoms with Crippen molar-refractivity contribution in [2.45, 2.75) is 32.7 Å². The van der Waals surface area contributed by atoms with E-state index in [1.165, 1.54) is 29.3 Å². The second kappa shape index (κ2) is 11.2. The van der Waals surface area contributed by atoms with Crippen LogP contribution < -0.4 is 15.4 Å². The molecule has 30 heavy (non-hydrogen) atoms. The van der Waals surface area contributed by atoms with Crippen molar-refractivity contribution in [1.82, 2.24) is 20.6 Å². The number of ether oxygens (including phenoxy) is 1. The van der Waals surface area contributed by atoms with Crippen LogP contribution in [0.25, 0.3) is 10.9 Å². The van der Waals surface area contributed by atoms with E-state index in [-0.39, 0.29) is 24.0 Å². The van der Waals surface area contributed by atoms with Gasteiger partial charge in [0.25, 0.3) is 0 Å². The van der Waals surface area contributed by atoms with Crippen LogP contribution in [0.3, 0.4) is 0 Å². The summed E-state index contributed by atoms with van der Waals surface area (Å²) in [6.07, 6.45) is 7.44. The number of aromatic amines is 1. The fraction of sp³-hybridized carbons (Fsp3) is 0.391. The Bertz CT molecular complexity index is 950. The molecule has 0 atom stereocenters. The summed E-state index contributed by atoms with van der Waals surface area (Å²) >= 11 is 0. The second-order valence-corrected chi connectivity index (χ2v) is 7.49. The number of para-hydroxylation sites is 1. The van der Waals surface area contributed by atoms with E-state index in [1.54, 1.807) is 0 Å². The summed E-state index contributed by atoms with van der Waals surface area (Å²) < 4.78 is 5.69. The molecular formula is C23H30IN5O. The Kier molecular flexibility index (Phi) is 8.36. The SMILES string of the molecule is CCNC(=NCc1ccc(OCC2CC2)nc1)NCCc1c[nH]c2ccccc12.I. The summed E-state index contributed by atoms with van der Waals surface area (Å²) in [7, 11) is 0. The fourth-order valence-corrected chi connectivity index (χ4v) is 3.24. The first-order valence-corrected chi connectivity index (χ1v) is 10.5. The van der Waals surface area contributed by atoms with Gasteiger partial charge in [-0.05, 0) is 49.3 Å². The van der Waals surface area contributed by atoms with Gasteiger partial charge < -0.3 is 20.4 Å². The highest BCUT2D eigenvalue weighted by Crippen LogP contribution is 2.29. The highest BCUT2D eigenvalue weighted by atomic mass is 127. The number of rotatable bonds is 9. The van der Waals surface area contributed by atoms with Gasteiger partial charge in [-0.1, -0.05) is 24.3 Å². The topological polar surface area (TPSA) is 74.3 Å². The van der Waals surface area contributed by atoms with Crippen molar-refractivity contribution in [2.24, 2.45) is 10.9 Å². The van der Waals surface area contributed by atoms with Crippen molar-refractivity contribution in [2.75, 3.05) is 19.7 Å². The van der Waals surface area contributed by atoms with Crippen molar-refractivity contribution in [3.63, 3.8) is 0 Å². The summed E-state index contributed by atoms with van der Waals surface area (Å²) in [5, 5.41) is 8.02. The molecule has 0 aliphatic heterocycles. The van der Waals surface area contributed by atoms with Crippen LogP contribution in [0.2, 0.25) is 0 Å². The van der Waals surface area contributed by atoms with E-state index in [9.17, 15) is 0 Å². The largest absolute Gasteiger partial charge is 0.477 e. The number of fused-ring (bicyclic) bond motifs is 1. The summed E-state index contributed by atoms with van der Waals surface area (Å²) in [5.41, 5.74) is 3.56. The van der Waals surface area contributed by atoms with Gasteiger partial charge >= 0.3 is 0 Å². The molecule has 7 heteroatoms. The van der Waals surface area contributed by atoms with Crippen LogP contribution in [0, 0.1) is 5.92 Å². The van der Waals surface area contributed by atoms with Crippen LogP contribution in [0.5, 0.6) is 5.88 Å². The summed E-state index contributed by atoms with van der Waals surface area (Å²) in [6, 6.07) is 12.4. The number of aromatic nitrogens is 2. The van der Waals surface area contributed by atoms with Gasteiger partial charge in [0, 0.05) is 42.5 Å². The third kappa shape index (κ3) is 6.35. The molecule has 1 fully saturated rings. The third-order valence-corrected chi connectivity index (χ3v) is 5.09. The van der Waals surface area contributed by atoms with Gasteiger partial charge in [0.15, 0.2) is 5.96 Å². The second-order valence-electron chi connectivity index (χ2n) is 7.49. The Morgan fingerprint density at radius 3 is 2.83 bits per heavy atom. The quantitative estimate of drug-likeness (QED) is 0.224. The van der Waals surface area contributed by atoms with Crippen LogP contribution in [0.15, 0.2) is 53.8 Å². The summed E-state index contributed by atoms with van der Waals surface area (Å²) in [5.74, 6) is 2.26. The molecule has 0 amide bonds. The van der Waals surface area contributed by atoms with Crippen LogP contribution >= 0.6 is 24.0 Å². The standard InChI is InChI=1S/C23H29N5O.HI/c1-2-24-23(25-12-11-19-15-26-21-6-4-3-5-20(19)21)28-14-18-9-10-22(27-13-18)29-16-17-7-8-17;/h3-6,9-10,13,15,17,26H,2,7-8,11-12,14,16H2,1H3,(H2,24,25,28);1H. The smallest absolute Gasteiger partial charge is 0.213 e. The van der Waals surface area contributed by atoms with Crippen LogP contribution in [-0.2, 0) is 13.0 Å². The minimum Gasteiger partial charge on any atom is -0.477 e. The Hall–Kier alpha value is -2.29. The van der Waals surface area contributed by atoms with Crippen molar-refractivity contribution >= 4 is 40.8 Å². The minimum absolute atomic E-state index is 0. The van der Waals surface area contributed by atoms with E-state index in [2.05, 4.69) is 63.0 Å². The van der Waals surface area contributed by atoms with E-state index in [0.717, 1.165) is 43.6 Å². The molecule has 160 valence electrons. The monoisotopic (exact) mass is 519 g/mol. The van der Waals surface area contributed by atoms with Crippen molar-refractivity contribution in [3.8, 4) is 5.88 Å². The molecule has 0 saturated heterocycles. The number of halogens is 1. The average molecular weight is 519 g/mol. The Labute approximate surface area is 194 Å². The molecule has 3 N–H and O–H groups in total. The molecule has 2 aromatic heterocycles. The molecule has 0 unspecified atom stereocenters. The number of nitrogens with zero attached hydrogens (tertiary/aromatic N) is 2. The number of benzene rings is 1. The predicted molar refractivity (Wildman–Crippen MR) is 133 cm³/mol. The zero-order chi connectivity index (χ0) is 19.9. The van der Waals surface area contributed by atoms with Gasteiger partial charge in [0.1, 0.15) is 0 Å². The highest BCUT2D eigenvalue weighted by molar-refractivity contribution is 14.0. The average Bonchev–Trinajstić information content (AvgIpc) is 3.50. The van der Waals surface area contributed by atoms with Crippen LogP contribution in [0.1, 0.15) is 30.9 Å². The number of hydrogen-bond donors (Lipinski definition) is 3. The molecule has 4 rings (SSSR count). The first-order chi connectivity index (χ1) is 14.3. The van der Waals surface area contributed by atoms with Gasteiger partial charge in [0.2, 0.25) is 5.88 Å². The molecule has 3 aromatic rings. The lowest BCUT2D eigenvalue weighted by Gasteiger charge is -2.11. The van der Waals surface area contributed by atoms with E-state index >= 15 is 0 Å². The highest BCUT2D eigenvalue weighted by Gasteiger charge is 2.22. The summed E-state index contributed by atoms with van der Waals surface area (Å²) in [4.78, 5) is 12.4. The Morgan fingerprint density at radius 1 is 1.20 bits per heavy atom. The molecule has 1 aliphatic carbocycles. The normalized spacial score (nSPS) is 13.7. The van der Waals surface area contributed by atoms with Gasteiger partial charge in [-0.2, -0.15) is 0 Å². The van der Waals surface area contributed by atoms with Crippen molar-refractivity contribution in [3.05, 3.63) is 59.9 Å². The van der Waals surface area contributed by atoms with Gasteiger partial charge in [0.05, 0.1) is 13.2 Å². The van der Waals surface area contributed by atoms with E-state index < -0.39 is 0 Å². The molecule has 1 aliphatic rings. The van der Waals surface area contributed by atoms with Crippen molar-refractivity contribution < 1.29 is 4.74 Å². The summed E-state index contributed by atoms with van der Waals surface area (Å²) in [6.45, 7) is 5.09. The number of guanidine groups is 1. The molecule has 0 radical (unpaired) electrons. The molecular weight excluding hydrogens is 489 g/mol.